The molecule has 2 N–H and O–H groups in total. The van der Waals surface area contributed by atoms with Crippen molar-refractivity contribution in [2.24, 2.45) is 0 Å². The van der Waals surface area contributed by atoms with Crippen molar-refractivity contribution in [3.8, 4) is 0 Å². The summed E-state index contributed by atoms with van der Waals surface area (Å²) in [5.74, 6) is 0.678. The van der Waals surface area contributed by atoms with E-state index in [1.54, 1.807) is 12.3 Å². The zero-order valence-corrected chi connectivity index (χ0v) is 15.5. The number of halogens is 1. The van der Waals surface area contributed by atoms with E-state index >= 15 is 0 Å². The quantitative estimate of drug-likeness (QED) is 0.675. The molecule has 0 fully saturated rings. The van der Waals surface area contributed by atoms with Crippen LogP contribution in [0.4, 0.5) is 5.82 Å². The van der Waals surface area contributed by atoms with E-state index in [0.29, 0.717) is 12.1 Å². The van der Waals surface area contributed by atoms with Crippen LogP contribution in [-0.4, -0.2) is 49.5 Å². The number of pyridine rings is 1. The highest BCUT2D eigenvalue weighted by Gasteiger charge is 2.05. The smallest absolute Gasteiger partial charge is 0.252 e. The molecule has 1 amide bonds. The average Bonchev–Trinajstić information content (AvgIpc) is 2.61. The van der Waals surface area contributed by atoms with E-state index < -0.39 is 0 Å². The zero-order valence-electron chi connectivity index (χ0n) is 14.8. The Labute approximate surface area is 154 Å². The van der Waals surface area contributed by atoms with Crippen LogP contribution in [0.2, 0.25) is 5.02 Å². The van der Waals surface area contributed by atoms with Gasteiger partial charge in [-0.05, 0) is 63.3 Å². The molecule has 0 aliphatic carbocycles. The average molecular weight is 361 g/mol. The molecule has 0 saturated carbocycles. The number of amides is 1. The Morgan fingerprint density at radius 3 is 2.52 bits per heavy atom. The molecule has 0 unspecified atom stereocenters. The maximum Gasteiger partial charge on any atom is 0.252 e. The molecule has 0 atom stereocenters. The fourth-order valence-electron chi connectivity index (χ4n) is 2.32. The van der Waals surface area contributed by atoms with Crippen molar-refractivity contribution >= 4 is 23.3 Å². The first-order chi connectivity index (χ1) is 12.0. The van der Waals surface area contributed by atoms with E-state index in [1.165, 1.54) is 5.56 Å². The van der Waals surface area contributed by atoms with Gasteiger partial charge in [0.05, 0.1) is 5.56 Å². The second-order valence-corrected chi connectivity index (χ2v) is 6.58. The Balaban J connectivity index is 1.73. The van der Waals surface area contributed by atoms with Crippen LogP contribution in [0.3, 0.4) is 0 Å². The number of hydrogen-bond donors (Lipinski definition) is 2. The van der Waals surface area contributed by atoms with Gasteiger partial charge in [-0.2, -0.15) is 0 Å². The standard InChI is InChI=1S/C19H25ClN4O/c1-24(2)13-3-11-22-19(25)16-6-9-18(23-14-16)21-12-10-15-4-7-17(20)8-5-15/h4-9,14H,3,10-13H2,1-2H3,(H,21,23)(H,22,25). The number of benzene rings is 1. The van der Waals surface area contributed by atoms with Crippen molar-refractivity contribution in [1.82, 2.24) is 15.2 Å². The van der Waals surface area contributed by atoms with Crippen molar-refractivity contribution in [3.05, 3.63) is 58.7 Å². The Kier molecular flexibility index (Phi) is 7.70. The topological polar surface area (TPSA) is 57.3 Å². The fraction of sp³-hybridized carbons (Fsp3) is 0.368. The van der Waals surface area contributed by atoms with Gasteiger partial charge in [0.2, 0.25) is 0 Å². The molecule has 6 heteroatoms. The lowest BCUT2D eigenvalue weighted by Gasteiger charge is -2.10. The number of nitrogens with one attached hydrogen (secondary N) is 2. The number of anilines is 1. The number of nitrogens with zero attached hydrogens (tertiary/aromatic N) is 2. The first-order valence-corrected chi connectivity index (χ1v) is 8.79. The molecule has 0 bridgehead atoms. The van der Waals surface area contributed by atoms with Crippen LogP contribution in [0.25, 0.3) is 0 Å². The maximum absolute atomic E-state index is 12.0. The van der Waals surface area contributed by atoms with Gasteiger partial charge in [0.25, 0.3) is 5.91 Å². The Hall–Kier alpha value is -2.11. The highest BCUT2D eigenvalue weighted by atomic mass is 35.5. The molecule has 5 nitrogen and oxygen atoms in total. The van der Waals surface area contributed by atoms with Crippen LogP contribution in [0.1, 0.15) is 22.3 Å². The molecule has 0 radical (unpaired) electrons. The normalized spacial score (nSPS) is 10.7. The highest BCUT2D eigenvalue weighted by molar-refractivity contribution is 6.30. The molecule has 1 heterocycles. The van der Waals surface area contributed by atoms with Crippen molar-refractivity contribution < 1.29 is 4.79 Å². The second-order valence-electron chi connectivity index (χ2n) is 6.15. The first-order valence-electron chi connectivity index (χ1n) is 8.42. The van der Waals surface area contributed by atoms with E-state index in [4.69, 9.17) is 11.6 Å². The fourth-order valence-corrected chi connectivity index (χ4v) is 2.44. The van der Waals surface area contributed by atoms with Gasteiger partial charge in [0.15, 0.2) is 0 Å². The number of rotatable bonds is 9. The minimum Gasteiger partial charge on any atom is -0.370 e. The molecule has 0 aliphatic heterocycles. The maximum atomic E-state index is 12.0. The van der Waals surface area contributed by atoms with Crippen LogP contribution >= 0.6 is 11.6 Å². The summed E-state index contributed by atoms with van der Waals surface area (Å²) in [4.78, 5) is 18.4. The summed E-state index contributed by atoms with van der Waals surface area (Å²) in [6.07, 6.45) is 3.41. The molecule has 134 valence electrons. The zero-order chi connectivity index (χ0) is 18.1. The lowest BCUT2D eigenvalue weighted by molar-refractivity contribution is 0.0952. The van der Waals surface area contributed by atoms with Gasteiger partial charge in [-0.3, -0.25) is 4.79 Å². The summed E-state index contributed by atoms with van der Waals surface area (Å²) in [5, 5.41) is 6.91. The summed E-state index contributed by atoms with van der Waals surface area (Å²) in [7, 11) is 4.04. The molecule has 25 heavy (non-hydrogen) atoms. The van der Waals surface area contributed by atoms with Gasteiger partial charge in [-0.15, -0.1) is 0 Å². The van der Waals surface area contributed by atoms with Crippen molar-refractivity contribution in [1.29, 1.82) is 0 Å². The Bertz CT molecular complexity index is 656. The minimum absolute atomic E-state index is 0.0843. The molecule has 0 spiro atoms. The molecular weight excluding hydrogens is 336 g/mol. The number of aromatic nitrogens is 1. The molecule has 1 aromatic carbocycles. The van der Waals surface area contributed by atoms with Gasteiger partial charge in [0.1, 0.15) is 5.82 Å². The lowest BCUT2D eigenvalue weighted by atomic mass is 10.1. The van der Waals surface area contributed by atoms with E-state index in [1.807, 2.05) is 44.4 Å². The van der Waals surface area contributed by atoms with Gasteiger partial charge >= 0.3 is 0 Å². The highest BCUT2D eigenvalue weighted by Crippen LogP contribution is 2.10. The van der Waals surface area contributed by atoms with Gasteiger partial charge in [-0.25, -0.2) is 4.98 Å². The molecule has 2 aromatic rings. The summed E-state index contributed by atoms with van der Waals surface area (Å²) in [5.41, 5.74) is 1.79. The third kappa shape index (κ3) is 7.11. The van der Waals surface area contributed by atoms with E-state index in [-0.39, 0.29) is 5.91 Å². The van der Waals surface area contributed by atoms with Crippen LogP contribution in [0, 0.1) is 0 Å². The molecule has 1 aromatic heterocycles. The van der Waals surface area contributed by atoms with Crippen LogP contribution in [0.15, 0.2) is 42.6 Å². The third-order valence-electron chi connectivity index (χ3n) is 3.73. The number of carbonyl (C=O) groups excluding carboxylic acids is 1. The Morgan fingerprint density at radius 1 is 1.12 bits per heavy atom. The van der Waals surface area contributed by atoms with Crippen molar-refractivity contribution in [3.63, 3.8) is 0 Å². The van der Waals surface area contributed by atoms with E-state index in [2.05, 4.69) is 20.5 Å². The molecule has 0 aliphatic rings. The van der Waals surface area contributed by atoms with E-state index in [9.17, 15) is 4.79 Å². The minimum atomic E-state index is -0.0843. The van der Waals surface area contributed by atoms with Gasteiger partial charge in [-0.1, -0.05) is 23.7 Å². The SMILES string of the molecule is CN(C)CCCNC(=O)c1ccc(NCCc2ccc(Cl)cc2)nc1. The van der Waals surface area contributed by atoms with E-state index in [0.717, 1.165) is 36.8 Å². The van der Waals surface area contributed by atoms with Crippen LogP contribution < -0.4 is 10.6 Å². The van der Waals surface area contributed by atoms with Crippen LogP contribution in [0.5, 0.6) is 0 Å². The summed E-state index contributed by atoms with van der Waals surface area (Å²) < 4.78 is 0. The lowest BCUT2D eigenvalue weighted by Crippen LogP contribution is -2.27. The van der Waals surface area contributed by atoms with Crippen LogP contribution in [-0.2, 0) is 6.42 Å². The predicted molar refractivity (Wildman–Crippen MR) is 103 cm³/mol. The second kappa shape index (κ2) is 10.0. The Morgan fingerprint density at radius 2 is 1.88 bits per heavy atom. The number of carbonyl (C=O) groups is 1. The van der Waals surface area contributed by atoms with Crippen molar-refractivity contribution in [2.75, 3.05) is 39.0 Å². The van der Waals surface area contributed by atoms with Gasteiger partial charge in [0, 0.05) is 24.3 Å². The predicted octanol–water partition coefficient (Wildman–Crippen LogP) is 3.07. The molecular formula is C19H25ClN4O. The largest absolute Gasteiger partial charge is 0.370 e. The number of hydrogen-bond acceptors (Lipinski definition) is 4. The first kappa shape index (κ1) is 19.2. The summed E-state index contributed by atoms with van der Waals surface area (Å²) in [6.45, 7) is 2.39. The monoisotopic (exact) mass is 360 g/mol. The molecule has 2 rings (SSSR count). The van der Waals surface area contributed by atoms with Crippen molar-refractivity contribution in [2.45, 2.75) is 12.8 Å². The third-order valence-corrected chi connectivity index (χ3v) is 3.98. The van der Waals surface area contributed by atoms with Gasteiger partial charge < -0.3 is 15.5 Å². The summed E-state index contributed by atoms with van der Waals surface area (Å²) >= 11 is 5.88. The molecule has 0 saturated heterocycles. The summed E-state index contributed by atoms with van der Waals surface area (Å²) in [6, 6.07) is 11.4.